The van der Waals surface area contributed by atoms with Crippen molar-refractivity contribution in [3.05, 3.63) is 0 Å². The first-order chi connectivity index (χ1) is 12.9. The average Bonchev–Trinajstić information content (AvgIpc) is 2.71. The van der Waals surface area contributed by atoms with E-state index in [-0.39, 0.29) is 0 Å². The van der Waals surface area contributed by atoms with Crippen LogP contribution in [-0.4, -0.2) is 22.3 Å². The van der Waals surface area contributed by atoms with Crippen LogP contribution in [0.3, 0.4) is 0 Å². The fraction of sp³-hybridized carbons (Fsp3) is 1.00. The Balaban J connectivity index is 1.52. The first-order valence-corrected chi connectivity index (χ1v) is 14.0. The van der Waals surface area contributed by atoms with Crippen molar-refractivity contribution in [2.45, 2.75) is 108 Å². The van der Waals surface area contributed by atoms with Crippen LogP contribution in [-0.2, 0) is 4.43 Å². The maximum atomic E-state index is 6.89. The SMILES string of the molecule is CCNCO[SiH](C1CCCC2CCCCC21)C1CCCC2CCCCC21. The van der Waals surface area contributed by atoms with E-state index in [0.717, 1.165) is 48.0 Å². The summed E-state index contributed by atoms with van der Waals surface area (Å²) in [5, 5.41) is 3.51. The Morgan fingerprint density at radius 3 is 1.73 bits per heavy atom. The third-order valence-corrected chi connectivity index (χ3v) is 12.6. The summed E-state index contributed by atoms with van der Waals surface area (Å²) in [6.45, 7) is 4.11. The monoisotopic (exact) mass is 377 g/mol. The zero-order valence-corrected chi connectivity index (χ0v) is 18.4. The van der Waals surface area contributed by atoms with E-state index in [1.807, 2.05) is 0 Å². The zero-order chi connectivity index (χ0) is 17.8. The molecule has 0 aliphatic heterocycles. The molecule has 0 spiro atoms. The highest BCUT2D eigenvalue weighted by Crippen LogP contribution is 2.55. The van der Waals surface area contributed by atoms with E-state index >= 15 is 0 Å². The van der Waals surface area contributed by atoms with Crippen molar-refractivity contribution < 1.29 is 4.43 Å². The molecule has 0 heterocycles. The summed E-state index contributed by atoms with van der Waals surface area (Å²) in [4.78, 5) is 0. The van der Waals surface area contributed by atoms with E-state index in [1.54, 1.807) is 0 Å². The Hall–Kier alpha value is 0.137. The number of fused-ring (bicyclic) bond motifs is 2. The molecule has 6 unspecified atom stereocenters. The highest BCUT2D eigenvalue weighted by Gasteiger charge is 2.47. The standard InChI is InChI=1S/C23H43NOSi/c1-2-24-17-25-26(22-15-7-11-18-9-3-5-13-20(18)22)23-16-8-12-19-10-4-6-14-21(19)23/h18-24,26H,2-17H2,1H3. The largest absolute Gasteiger partial charge is 0.407 e. The molecule has 4 aliphatic rings. The lowest BCUT2D eigenvalue weighted by atomic mass is 9.70. The second kappa shape index (κ2) is 9.56. The van der Waals surface area contributed by atoms with Gasteiger partial charge >= 0.3 is 0 Å². The Morgan fingerprint density at radius 1 is 0.692 bits per heavy atom. The van der Waals surface area contributed by atoms with Crippen molar-refractivity contribution in [1.82, 2.24) is 5.32 Å². The molecule has 0 aromatic heterocycles. The van der Waals surface area contributed by atoms with Gasteiger partial charge in [-0.15, -0.1) is 0 Å². The van der Waals surface area contributed by atoms with Crippen LogP contribution in [0, 0.1) is 23.7 Å². The molecule has 0 bridgehead atoms. The van der Waals surface area contributed by atoms with Crippen LogP contribution < -0.4 is 5.32 Å². The Morgan fingerprint density at radius 2 is 1.19 bits per heavy atom. The fourth-order valence-corrected chi connectivity index (χ4v) is 12.2. The minimum atomic E-state index is -1.18. The van der Waals surface area contributed by atoms with Gasteiger partial charge in [0.2, 0.25) is 0 Å². The second-order valence-electron chi connectivity index (χ2n) is 9.99. The summed E-state index contributed by atoms with van der Waals surface area (Å²) in [6.07, 6.45) is 21.2. The van der Waals surface area contributed by atoms with Gasteiger partial charge in [-0.3, -0.25) is 5.32 Å². The van der Waals surface area contributed by atoms with Crippen LogP contribution in [0.25, 0.3) is 0 Å². The molecule has 0 radical (unpaired) electrons. The number of nitrogens with one attached hydrogen (secondary N) is 1. The quantitative estimate of drug-likeness (QED) is 0.347. The maximum Gasteiger partial charge on any atom is 0.185 e. The number of rotatable bonds is 6. The lowest BCUT2D eigenvalue weighted by molar-refractivity contribution is 0.128. The van der Waals surface area contributed by atoms with Crippen LogP contribution in [0.5, 0.6) is 0 Å². The molecule has 2 nitrogen and oxygen atoms in total. The third kappa shape index (κ3) is 4.25. The predicted molar refractivity (Wildman–Crippen MR) is 113 cm³/mol. The normalized spacial score (nSPS) is 41.9. The molecule has 0 amide bonds. The molecule has 3 heteroatoms. The summed E-state index contributed by atoms with van der Waals surface area (Å²) in [6, 6.07) is 0. The van der Waals surface area contributed by atoms with Crippen molar-refractivity contribution in [1.29, 1.82) is 0 Å². The molecule has 1 N–H and O–H groups in total. The highest BCUT2D eigenvalue weighted by atomic mass is 28.3. The molecule has 0 aromatic carbocycles. The molecule has 4 aliphatic carbocycles. The molecule has 6 atom stereocenters. The predicted octanol–water partition coefficient (Wildman–Crippen LogP) is 6.01. The summed E-state index contributed by atoms with van der Waals surface area (Å²) < 4.78 is 6.89. The Labute approximate surface area is 164 Å². The third-order valence-electron chi connectivity index (χ3n) is 8.73. The van der Waals surface area contributed by atoms with E-state index < -0.39 is 9.04 Å². The average molecular weight is 378 g/mol. The topological polar surface area (TPSA) is 21.3 Å². The molecule has 26 heavy (non-hydrogen) atoms. The second-order valence-corrected chi connectivity index (χ2v) is 13.0. The van der Waals surface area contributed by atoms with E-state index in [9.17, 15) is 0 Å². The fourth-order valence-electron chi connectivity index (χ4n) is 7.61. The summed E-state index contributed by atoms with van der Waals surface area (Å²) in [7, 11) is -1.18. The zero-order valence-electron chi connectivity index (χ0n) is 17.3. The summed E-state index contributed by atoms with van der Waals surface area (Å²) in [5.74, 6) is 4.21. The highest BCUT2D eigenvalue weighted by molar-refractivity contribution is 6.55. The molecule has 4 fully saturated rings. The van der Waals surface area contributed by atoms with Gasteiger partial charge in [0.1, 0.15) is 0 Å². The van der Waals surface area contributed by atoms with Crippen molar-refractivity contribution in [3.8, 4) is 0 Å². The van der Waals surface area contributed by atoms with E-state index in [2.05, 4.69) is 12.2 Å². The van der Waals surface area contributed by atoms with E-state index in [4.69, 9.17) is 4.43 Å². The first-order valence-electron chi connectivity index (χ1n) is 12.2. The van der Waals surface area contributed by atoms with Gasteiger partial charge in [-0.25, -0.2) is 0 Å². The van der Waals surface area contributed by atoms with Gasteiger partial charge in [0.05, 0.1) is 6.73 Å². The molecule has 150 valence electrons. The van der Waals surface area contributed by atoms with Gasteiger partial charge in [0.25, 0.3) is 0 Å². The molecule has 0 aromatic rings. The van der Waals surface area contributed by atoms with Gasteiger partial charge in [0, 0.05) is 0 Å². The summed E-state index contributed by atoms with van der Waals surface area (Å²) >= 11 is 0. The van der Waals surface area contributed by atoms with Gasteiger partial charge in [-0.1, -0.05) is 96.8 Å². The van der Waals surface area contributed by atoms with Crippen molar-refractivity contribution >= 4 is 9.04 Å². The van der Waals surface area contributed by atoms with Crippen LogP contribution in [0.15, 0.2) is 0 Å². The first kappa shape index (κ1) is 19.5. The molecular weight excluding hydrogens is 334 g/mol. The Kier molecular flexibility index (Phi) is 7.15. The van der Waals surface area contributed by atoms with Crippen molar-refractivity contribution in [3.63, 3.8) is 0 Å². The molecule has 4 rings (SSSR count). The van der Waals surface area contributed by atoms with Crippen LogP contribution in [0.1, 0.15) is 96.8 Å². The minimum Gasteiger partial charge on any atom is -0.407 e. The van der Waals surface area contributed by atoms with Crippen molar-refractivity contribution in [2.24, 2.45) is 23.7 Å². The maximum absolute atomic E-state index is 6.89. The van der Waals surface area contributed by atoms with Gasteiger partial charge in [-0.2, -0.15) is 0 Å². The lowest BCUT2D eigenvalue weighted by Crippen LogP contribution is -2.46. The molecule has 4 saturated carbocycles. The van der Waals surface area contributed by atoms with Crippen LogP contribution in [0.4, 0.5) is 0 Å². The molecular formula is C23H43NOSi. The van der Waals surface area contributed by atoms with Gasteiger partial charge < -0.3 is 4.43 Å². The van der Waals surface area contributed by atoms with Crippen LogP contribution in [0.2, 0.25) is 11.1 Å². The van der Waals surface area contributed by atoms with E-state index in [1.165, 1.54) is 89.9 Å². The van der Waals surface area contributed by atoms with Gasteiger partial charge in [0.15, 0.2) is 9.04 Å². The minimum absolute atomic E-state index is 0.842. The Bertz CT molecular complexity index is 392. The van der Waals surface area contributed by atoms with Crippen molar-refractivity contribution in [2.75, 3.05) is 13.3 Å². The number of hydrogen-bond acceptors (Lipinski definition) is 2. The van der Waals surface area contributed by atoms with Crippen LogP contribution >= 0.6 is 0 Å². The smallest absolute Gasteiger partial charge is 0.185 e. The summed E-state index contributed by atoms with van der Waals surface area (Å²) in [5.41, 5.74) is 2.00. The lowest BCUT2D eigenvalue weighted by Gasteiger charge is -2.50. The number of hydrogen-bond donors (Lipinski definition) is 1. The van der Waals surface area contributed by atoms with E-state index in [0.29, 0.717) is 0 Å². The molecule has 0 saturated heterocycles. The van der Waals surface area contributed by atoms with Gasteiger partial charge in [-0.05, 0) is 41.3 Å².